The van der Waals surface area contributed by atoms with Crippen molar-refractivity contribution in [3.05, 3.63) is 54.1 Å². The molecule has 0 aliphatic rings. The van der Waals surface area contributed by atoms with Gasteiger partial charge in [0.15, 0.2) is 6.61 Å². The van der Waals surface area contributed by atoms with Gasteiger partial charge in [-0.05, 0) is 42.0 Å². The SMILES string of the molecule is Nc1ccc(COC(=O)COc2ccc(N)cc2)cc1. The number of ether oxygens (including phenoxy) is 2. The van der Waals surface area contributed by atoms with Crippen LogP contribution in [0.4, 0.5) is 11.4 Å². The van der Waals surface area contributed by atoms with Crippen LogP contribution in [0.1, 0.15) is 5.56 Å². The van der Waals surface area contributed by atoms with E-state index in [4.69, 9.17) is 20.9 Å². The van der Waals surface area contributed by atoms with Crippen molar-refractivity contribution in [1.82, 2.24) is 0 Å². The lowest BCUT2D eigenvalue weighted by Gasteiger charge is -2.07. The molecule has 2 rings (SSSR count). The van der Waals surface area contributed by atoms with Crippen LogP contribution >= 0.6 is 0 Å². The molecule has 0 bridgehead atoms. The van der Waals surface area contributed by atoms with Crippen LogP contribution in [0.5, 0.6) is 5.75 Å². The molecule has 20 heavy (non-hydrogen) atoms. The van der Waals surface area contributed by atoms with Gasteiger partial charge >= 0.3 is 5.97 Å². The van der Waals surface area contributed by atoms with Crippen molar-refractivity contribution >= 4 is 17.3 Å². The lowest BCUT2D eigenvalue weighted by Crippen LogP contribution is -2.14. The van der Waals surface area contributed by atoms with Crippen LogP contribution in [0.2, 0.25) is 0 Å². The molecule has 2 aromatic carbocycles. The summed E-state index contributed by atoms with van der Waals surface area (Å²) in [6.45, 7) is 0.0586. The molecule has 0 unspecified atom stereocenters. The first-order valence-corrected chi connectivity index (χ1v) is 6.12. The maximum absolute atomic E-state index is 11.5. The zero-order chi connectivity index (χ0) is 14.4. The Morgan fingerprint density at radius 3 is 2.05 bits per heavy atom. The first-order valence-electron chi connectivity index (χ1n) is 6.12. The molecule has 104 valence electrons. The first kappa shape index (κ1) is 13.7. The zero-order valence-electron chi connectivity index (χ0n) is 10.9. The van der Waals surface area contributed by atoms with E-state index in [9.17, 15) is 4.79 Å². The number of carbonyl (C=O) groups excluding carboxylic acids is 1. The molecule has 0 radical (unpaired) electrons. The molecular weight excluding hydrogens is 256 g/mol. The molecule has 0 saturated carbocycles. The molecule has 0 saturated heterocycles. The van der Waals surface area contributed by atoms with Crippen LogP contribution < -0.4 is 16.2 Å². The van der Waals surface area contributed by atoms with Crippen molar-refractivity contribution in [2.45, 2.75) is 6.61 Å². The minimum absolute atomic E-state index is 0.140. The number of rotatable bonds is 5. The number of esters is 1. The van der Waals surface area contributed by atoms with E-state index in [-0.39, 0.29) is 13.2 Å². The number of nitrogens with two attached hydrogens (primary N) is 2. The summed E-state index contributed by atoms with van der Waals surface area (Å²) in [5.74, 6) is 0.141. The van der Waals surface area contributed by atoms with E-state index >= 15 is 0 Å². The molecule has 0 fully saturated rings. The second-order valence-corrected chi connectivity index (χ2v) is 4.26. The largest absolute Gasteiger partial charge is 0.482 e. The highest BCUT2D eigenvalue weighted by Crippen LogP contribution is 2.13. The molecule has 5 heteroatoms. The summed E-state index contributed by atoms with van der Waals surface area (Å²) in [5, 5.41) is 0. The Hall–Kier alpha value is -2.69. The van der Waals surface area contributed by atoms with E-state index in [0.29, 0.717) is 17.1 Å². The topological polar surface area (TPSA) is 87.6 Å². The van der Waals surface area contributed by atoms with E-state index in [0.717, 1.165) is 5.56 Å². The van der Waals surface area contributed by atoms with Gasteiger partial charge in [0.2, 0.25) is 0 Å². The number of benzene rings is 2. The van der Waals surface area contributed by atoms with Gasteiger partial charge in [-0.25, -0.2) is 4.79 Å². The lowest BCUT2D eigenvalue weighted by atomic mass is 10.2. The van der Waals surface area contributed by atoms with Gasteiger partial charge in [0.25, 0.3) is 0 Å². The third kappa shape index (κ3) is 4.20. The minimum Gasteiger partial charge on any atom is -0.482 e. The Balaban J connectivity index is 1.75. The molecular formula is C15H16N2O3. The average Bonchev–Trinajstić information content (AvgIpc) is 2.46. The monoisotopic (exact) mass is 272 g/mol. The molecule has 0 atom stereocenters. The molecule has 0 aromatic heterocycles. The standard InChI is InChI=1S/C15H16N2O3/c16-12-3-1-11(2-4-12)9-20-15(18)10-19-14-7-5-13(17)6-8-14/h1-8H,9-10,16-17H2. The summed E-state index contributed by atoms with van der Waals surface area (Å²) < 4.78 is 10.4. The van der Waals surface area contributed by atoms with Crippen LogP contribution in [0.25, 0.3) is 0 Å². The van der Waals surface area contributed by atoms with Crippen molar-refractivity contribution in [2.24, 2.45) is 0 Å². The number of hydrogen-bond donors (Lipinski definition) is 2. The molecule has 2 aromatic rings. The average molecular weight is 272 g/mol. The molecule has 5 nitrogen and oxygen atoms in total. The summed E-state index contributed by atoms with van der Waals surface area (Å²) in [6.07, 6.45) is 0. The van der Waals surface area contributed by atoms with Gasteiger partial charge in [-0.2, -0.15) is 0 Å². The Bertz CT molecular complexity index is 513. The highest BCUT2D eigenvalue weighted by Gasteiger charge is 2.05. The number of anilines is 2. The molecule has 0 spiro atoms. The first-order chi connectivity index (χ1) is 9.63. The fourth-order valence-electron chi connectivity index (χ4n) is 1.53. The molecule has 4 N–H and O–H groups in total. The fourth-order valence-corrected chi connectivity index (χ4v) is 1.53. The predicted octanol–water partition coefficient (Wildman–Crippen LogP) is 1.97. The molecule has 0 amide bonds. The minimum atomic E-state index is -0.432. The Morgan fingerprint density at radius 1 is 0.900 bits per heavy atom. The van der Waals surface area contributed by atoms with Gasteiger partial charge in [0.1, 0.15) is 12.4 Å². The maximum atomic E-state index is 11.5. The van der Waals surface area contributed by atoms with Crippen LogP contribution in [0.3, 0.4) is 0 Å². The maximum Gasteiger partial charge on any atom is 0.344 e. The van der Waals surface area contributed by atoms with Crippen LogP contribution in [0, 0.1) is 0 Å². The van der Waals surface area contributed by atoms with E-state index in [1.54, 1.807) is 36.4 Å². The van der Waals surface area contributed by atoms with Gasteiger partial charge in [0.05, 0.1) is 0 Å². The van der Waals surface area contributed by atoms with Crippen molar-refractivity contribution in [3.8, 4) is 5.75 Å². The third-order valence-corrected chi connectivity index (χ3v) is 2.62. The second-order valence-electron chi connectivity index (χ2n) is 4.26. The van der Waals surface area contributed by atoms with Crippen molar-refractivity contribution < 1.29 is 14.3 Å². The smallest absolute Gasteiger partial charge is 0.344 e. The Labute approximate surface area is 117 Å². The van der Waals surface area contributed by atoms with E-state index in [2.05, 4.69) is 0 Å². The van der Waals surface area contributed by atoms with E-state index < -0.39 is 5.97 Å². The molecule has 0 aliphatic heterocycles. The van der Waals surface area contributed by atoms with E-state index in [1.165, 1.54) is 0 Å². The van der Waals surface area contributed by atoms with Gasteiger partial charge < -0.3 is 20.9 Å². The lowest BCUT2D eigenvalue weighted by molar-refractivity contribution is -0.147. The molecule has 0 heterocycles. The van der Waals surface area contributed by atoms with Crippen LogP contribution in [0.15, 0.2) is 48.5 Å². The predicted molar refractivity (Wildman–Crippen MR) is 77.0 cm³/mol. The summed E-state index contributed by atoms with van der Waals surface area (Å²) >= 11 is 0. The Morgan fingerprint density at radius 2 is 1.45 bits per heavy atom. The van der Waals surface area contributed by atoms with E-state index in [1.807, 2.05) is 12.1 Å². The number of nitrogen functional groups attached to an aromatic ring is 2. The van der Waals surface area contributed by atoms with Crippen molar-refractivity contribution in [2.75, 3.05) is 18.1 Å². The fraction of sp³-hybridized carbons (Fsp3) is 0.133. The summed E-state index contributed by atoms with van der Waals surface area (Å²) in [4.78, 5) is 11.5. The third-order valence-electron chi connectivity index (χ3n) is 2.62. The van der Waals surface area contributed by atoms with Crippen LogP contribution in [-0.2, 0) is 16.1 Å². The summed E-state index contributed by atoms with van der Waals surface area (Å²) in [7, 11) is 0. The van der Waals surface area contributed by atoms with Gasteiger partial charge in [0, 0.05) is 11.4 Å². The van der Waals surface area contributed by atoms with Gasteiger partial charge in [-0.1, -0.05) is 12.1 Å². The quantitative estimate of drug-likeness (QED) is 0.642. The number of hydrogen-bond acceptors (Lipinski definition) is 5. The number of carbonyl (C=O) groups is 1. The van der Waals surface area contributed by atoms with Crippen molar-refractivity contribution in [3.63, 3.8) is 0 Å². The second kappa shape index (κ2) is 6.47. The Kier molecular flexibility index (Phi) is 4.44. The molecule has 0 aliphatic carbocycles. The normalized spacial score (nSPS) is 10.0. The van der Waals surface area contributed by atoms with Gasteiger partial charge in [-0.3, -0.25) is 0 Å². The zero-order valence-corrected chi connectivity index (χ0v) is 10.9. The highest BCUT2D eigenvalue weighted by atomic mass is 16.6. The van der Waals surface area contributed by atoms with Crippen molar-refractivity contribution in [1.29, 1.82) is 0 Å². The van der Waals surface area contributed by atoms with Crippen LogP contribution in [-0.4, -0.2) is 12.6 Å². The summed E-state index contributed by atoms with van der Waals surface area (Å²) in [6, 6.07) is 13.9. The van der Waals surface area contributed by atoms with Gasteiger partial charge in [-0.15, -0.1) is 0 Å². The highest BCUT2D eigenvalue weighted by molar-refractivity contribution is 5.71. The summed E-state index contributed by atoms with van der Waals surface area (Å²) in [5.41, 5.74) is 13.3.